The number of rotatable bonds is 11. The number of likely N-dealkylation sites (N-methyl/N-ethyl adjacent to an activating group) is 2. The summed E-state index contributed by atoms with van der Waals surface area (Å²) in [5, 5.41) is 15.9. The highest BCUT2D eigenvalue weighted by molar-refractivity contribution is 5.94. The third kappa shape index (κ3) is 8.29. The van der Waals surface area contributed by atoms with Crippen molar-refractivity contribution >= 4 is 17.8 Å². The van der Waals surface area contributed by atoms with Gasteiger partial charge in [-0.05, 0) is 49.8 Å². The number of aliphatic carboxylic acids is 1. The van der Waals surface area contributed by atoms with Crippen LogP contribution in [-0.2, 0) is 19.8 Å². The van der Waals surface area contributed by atoms with E-state index >= 15 is 0 Å². The van der Waals surface area contributed by atoms with Gasteiger partial charge in [-0.15, -0.1) is 0 Å². The average Bonchev–Trinajstić information content (AvgIpc) is 2.80. The second-order valence-corrected chi connectivity index (χ2v) is 11.8. The quantitative estimate of drug-likeness (QED) is 0.289. The molecule has 2 unspecified atom stereocenters. The van der Waals surface area contributed by atoms with E-state index in [4.69, 9.17) is 0 Å². The maximum absolute atomic E-state index is 13.9. The van der Waals surface area contributed by atoms with Crippen molar-refractivity contribution in [3.05, 3.63) is 58.8 Å². The first kappa shape index (κ1) is 32.1. The van der Waals surface area contributed by atoms with Gasteiger partial charge in [0.15, 0.2) is 0 Å². The Hall–Kier alpha value is -2.93. The summed E-state index contributed by atoms with van der Waals surface area (Å²) in [4.78, 5) is 40.8. The predicted octanol–water partition coefficient (Wildman–Crippen LogP) is 4.89. The lowest BCUT2D eigenvalue weighted by Gasteiger charge is -2.38. The van der Waals surface area contributed by atoms with Crippen LogP contribution in [0.2, 0.25) is 0 Å². The molecule has 0 spiro atoms. The first-order valence-corrected chi connectivity index (χ1v) is 12.9. The maximum atomic E-state index is 13.9. The summed E-state index contributed by atoms with van der Waals surface area (Å²) in [5.74, 6) is -1.38. The second kappa shape index (κ2) is 13.0. The van der Waals surface area contributed by atoms with E-state index in [1.807, 2.05) is 78.0 Å². The molecule has 1 aromatic carbocycles. The summed E-state index contributed by atoms with van der Waals surface area (Å²) in [7, 11) is 3.31. The minimum atomic E-state index is -1.09. The standard InChI is InChI=1S/C30H47N3O4/c1-19(2)17-18-20(3)23(21(4)28(36)37)33(11)27(35)25(29(5,6)7)32-26(34)24(31-10)30(8,9)22-15-13-12-14-16-22/h12-16,18-19,24-25,31H,17H2,1-11H3,(H,32,34)(H,36,37). The summed E-state index contributed by atoms with van der Waals surface area (Å²) in [6.07, 6.45) is 2.71. The molecular weight excluding hydrogens is 466 g/mol. The minimum absolute atomic E-state index is 0.0747. The van der Waals surface area contributed by atoms with Crippen LogP contribution in [0.4, 0.5) is 0 Å². The monoisotopic (exact) mass is 513 g/mol. The van der Waals surface area contributed by atoms with Crippen LogP contribution in [-0.4, -0.2) is 54.0 Å². The Bertz CT molecular complexity index is 1020. The molecule has 0 aliphatic carbocycles. The fourth-order valence-corrected chi connectivity index (χ4v) is 4.45. The van der Waals surface area contributed by atoms with Crippen molar-refractivity contribution in [1.29, 1.82) is 0 Å². The highest BCUT2D eigenvalue weighted by Gasteiger charge is 2.41. The van der Waals surface area contributed by atoms with Crippen LogP contribution in [0.5, 0.6) is 0 Å². The van der Waals surface area contributed by atoms with E-state index in [1.165, 1.54) is 11.8 Å². The van der Waals surface area contributed by atoms with E-state index in [0.717, 1.165) is 12.0 Å². The SMILES string of the molecule is CNC(C(=O)NC(C(=O)N(C)C(C(C)=CCC(C)C)=C(C)C(=O)O)C(C)(C)C)C(C)(C)c1ccccc1. The number of carbonyl (C=O) groups excluding carboxylic acids is 2. The van der Waals surface area contributed by atoms with Gasteiger partial charge in [0.2, 0.25) is 11.8 Å². The molecule has 2 amide bonds. The smallest absolute Gasteiger partial charge is 0.333 e. The number of carboxylic acids is 1. The van der Waals surface area contributed by atoms with Gasteiger partial charge in [-0.25, -0.2) is 4.79 Å². The number of hydrogen-bond donors (Lipinski definition) is 3. The van der Waals surface area contributed by atoms with Crippen molar-refractivity contribution in [3.63, 3.8) is 0 Å². The van der Waals surface area contributed by atoms with Crippen molar-refractivity contribution in [2.75, 3.05) is 14.1 Å². The molecule has 7 nitrogen and oxygen atoms in total. The molecule has 0 aliphatic heterocycles. The zero-order valence-corrected chi connectivity index (χ0v) is 24.5. The average molecular weight is 514 g/mol. The van der Waals surface area contributed by atoms with Crippen LogP contribution >= 0.6 is 0 Å². The van der Waals surface area contributed by atoms with Crippen LogP contribution < -0.4 is 10.6 Å². The molecule has 1 aromatic rings. The molecule has 0 fully saturated rings. The number of allylic oxidation sites excluding steroid dienone is 2. The molecule has 0 heterocycles. The van der Waals surface area contributed by atoms with Crippen LogP contribution in [0.15, 0.2) is 53.3 Å². The number of carbonyl (C=O) groups is 3. The highest BCUT2D eigenvalue weighted by Crippen LogP contribution is 2.29. The Labute approximate surface area is 223 Å². The van der Waals surface area contributed by atoms with E-state index in [2.05, 4.69) is 24.5 Å². The lowest BCUT2D eigenvalue weighted by atomic mass is 9.76. The summed E-state index contributed by atoms with van der Waals surface area (Å²) in [6.45, 7) is 17.1. The molecule has 1 rings (SSSR count). The molecule has 7 heteroatoms. The molecule has 0 aromatic heterocycles. The Morgan fingerprint density at radius 1 is 1.00 bits per heavy atom. The fraction of sp³-hybridized carbons (Fsp3) is 0.567. The van der Waals surface area contributed by atoms with Crippen molar-refractivity contribution in [2.45, 2.75) is 86.2 Å². The van der Waals surface area contributed by atoms with Crippen LogP contribution in [0.25, 0.3) is 0 Å². The van der Waals surface area contributed by atoms with Gasteiger partial charge in [0.05, 0.1) is 17.3 Å². The highest BCUT2D eigenvalue weighted by atomic mass is 16.4. The Balaban J connectivity index is 3.44. The first-order valence-electron chi connectivity index (χ1n) is 12.9. The van der Waals surface area contributed by atoms with E-state index < -0.39 is 28.9 Å². The lowest BCUT2D eigenvalue weighted by molar-refractivity contribution is -0.138. The van der Waals surface area contributed by atoms with Crippen molar-refractivity contribution in [1.82, 2.24) is 15.5 Å². The van der Waals surface area contributed by atoms with Crippen molar-refractivity contribution in [3.8, 4) is 0 Å². The van der Waals surface area contributed by atoms with Gasteiger partial charge >= 0.3 is 5.97 Å². The minimum Gasteiger partial charge on any atom is -0.478 e. The molecular formula is C30H47N3O4. The van der Waals surface area contributed by atoms with Gasteiger partial charge in [-0.2, -0.15) is 0 Å². The van der Waals surface area contributed by atoms with Gasteiger partial charge in [-0.3, -0.25) is 9.59 Å². The number of hydrogen-bond acceptors (Lipinski definition) is 4. The van der Waals surface area contributed by atoms with Gasteiger partial charge in [0.1, 0.15) is 6.04 Å². The van der Waals surface area contributed by atoms with Crippen LogP contribution in [0, 0.1) is 11.3 Å². The molecule has 37 heavy (non-hydrogen) atoms. The summed E-state index contributed by atoms with van der Waals surface area (Å²) < 4.78 is 0. The number of carboxylic acid groups (broad SMARTS) is 1. The summed E-state index contributed by atoms with van der Waals surface area (Å²) >= 11 is 0. The van der Waals surface area contributed by atoms with Crippen LogP contribution in [0.1, 0.15) is 74.3 Å². The van der Waals surface area contributed by atoms with E-state index in [9.17, 15) is 19.5 Å². The molecule has 206 valence electrons. The summed E-state index contributed by atoms with van der Waals surface area (Å²) in [5.41, 5.74) is 0.935. The fourth-order valence-electron chi connectivity index (χ4n) is 4.45. The van der Waals surface area contributed by atoms with E-state index in [0.29, 0.717) is 17.2 Å². The Morgan fingerprint density at radius 3 is 1.97 bits per heavy atom. The first-order chi connectivity index (χ1) is 17.0. The predicted molar refractivity (Wildman–Crippen MR) is 150 cm³/mol. The normalized spacial score (nSPS) is 15.1. The topological polar surface area (TPSA) is 98.7 Å². The van der Waals surface area contributed by atoms with Crippen molar-refractivity contribution in [2.24, 2.45) is 11.3 Å². The molecule has 0 bridgehead atoms. The van der Waals surface area contributed by atoms with Gasteiger partial charge in [-0.1, -0.05) is 84.9 Å². The Kier molecular flexibility index (Phi) is 11.3. The number of benzene rings is 1. The number of amides is 2. The van der Waals surface area contributed by atoms with E-state index in [1.54, 1.807) is 14.1 Å². The van der Waals surface area contributed by atoms with Gasteiger partial charge in [0.25, 0.3) is 0 Å². The molecule has 0 radical (unpaired) electrons. The molecule has 0 saturated heterocycles. The maximum Gasteiger partial charge on any atom is 0.333 e. The summed E-state index contributed by atoms with van der Waals surface area (Å²) in [6, 6.07) is 8.27. The Morgan fingerprint density at radius 2 is 1.54 bits per heavy atom. The van der Waals surface area contributed by atoms with Crippen molar-refractivity contribution < 1.29 is 19.5 Å². The zero-order valence-electron chi connectivity index (χ0n) is 24.5. The molecule has 2 atom stereocenters. The van der Waals surface area contributed by atoms with Crippen LogP contribution in [0.3, 0.4) is 0 Å². The molecule has 0 saturated carbocycles. The molecule has 0 aliphatic rings. The third-order valence-corrected chi connectivity index (χ3v) is 6.80. The van der Waals surface area contributed by atoms with E-state index in [-0.39, 0.29) is 17.4 Å². The lowest BCUT2D eigenvalue weighted by Crippen LogP contribution is -2.60. The zero-order chi connectivity index (χ0) is 28.7. The second-order valence-electron chi connectivity index (χ2n) is 11.8. The number of nitrogens with zero attached hydrogens (tertiary/aromatic N) is 1. The van der Waals surface area contributed by atoms with Gasteiger partial charge in [0, 0.05) is 12.5 Å². The molecule has 3 N–H and O–H groups in total. The third-order valence-electron chi connectivity index (χ3n) is 6.80. The largest absolute Gasteiger partial charge is 0.478 e. The number of nitrogens with one attached hydrogen (secondary N) is 2. The van der Waals surface area contributed by atoms with Gasteiger partial charge < -0.3 is 20.6 Å².